The minimum Gasteiger partial charge on any atom is -0.481 e. The molecule has 0 spiro atoms. The second-order valence-corrected chi connectivity index (χ2v) is 8.96. The number of aliphatic carboxylic acids is 1. The fraction of sp³-hybridized carbons (Fsp3) is 0.579. The third-order valence-electron chi connectivity index (χ3n) is 6.53. The predicted molar refractivity (Wildman–Crippen MR) is 105 cm³/mol. The van der Waals surface area contributed by atoms with Crippen LogP contribution in [0, 0.1) is 17.8 Å². The summed E-state index contributed by atoms with van der Waals surface area (Å²) in [7, 11) is 0. The highest BCUT2D eigenvalue weighted by atomic mass is 32.1. The summed E-state index contributed by atoms with van der Waals surface area (Å²) >= 11 is 1.08. The van der Waals surface area contributed by atoms with E-state index in [1.54, 1.807) is 10.3 Å². The summed E-state index contributed by atoms with van der Waals surface area (Å²) in [4.78, 5) is 23.2. The third-order valence-corrected chi connectivity index (χ3v) is 7.11. The van der Waals surface area contributed by atoms with Crippen LogP contribution in [0.5, 0.6) is 0 Å². The van der Waals surface area contributed by atoms with Gasteiger partial charge in [-0.2, -0.15) is 18.2 Å². The average molecular weight is 439 g/mol. The van der Waals surface area contributed by atoms with Crippen LogP contribution >= 0.6 is 11.5 Å². The van der Waals surface area contributed by atoms with Gasteiger partial charge in [-0.05, 0) is 42.6 Å². The lowest BCUT2D eigenvalue weighted by atomic mass is 10.1. The van der Waals surface area contributed by atoms with Crippen LogP contribution in [0.1, 0.15) is 25.5 Å². The van der Waals surface area contributed by atoms with Gasteiger partial charge in [-0.15, -0.1) is 0 Å². The Morgan fingerprint density at radius 1 is 1.30 bits per heavy atom. The van der Waals surface area contributed by atoms with Crippen molar-refractivity contribution in [2.75, 3.05) is 29.4 Å². The Morgan fingerprint density at radius 3 is 2.53 bits per heavy atom. The van der Waals surface area contributed by atoms with E-state index in [4.69, 9.17) is 5.11 Å². The van der Waals surface area contributed by atoms with Gasteiger partial charge in [0.05, 0.1) is 5.56 Å². The van der Waals surface area contributed by atoms with E-state index in [0.717, 1.165) is 18.0 Å². The molecule has 160 valence electrons. The van der Waals surface area contributed by atoms with Crippen LogP contribution in [0.15, 0.2) is 11.6 Å². The predicted octanol–water partition coefficient (Wildman–Crippen LogP) is 3.37. The van der Waals surface area contributed by atoms with Gasteiger partial charge < -0.3 is 14.9 Å². The Morgan fingerprint density at radius 2 is 2.03 bits per heavy atom. The SMILES string of the molecule is C[C@H]1CCN1c1nc(N2C[C@@H]3C(CC(=O)O)[C@@H]3C2)c(-c2cnsc2)c(C(F)(F)F)n1. The molecule has 7 nitrogen and oxygen atoms in total. The number of anilines is 2. The summed E-state index contributed by atoms with van der Waals surface area (Å²) in [5.41, 5.74) is -0.623. The number of nitrogens with zero attached hydrogens (tertiary/aromatic N) is 5. The van der Waals surface area contributed by atoms with Gasteiger partial charge in [0.1, 0.15) is 5.82 Å². The Labute approximate surface area is 174 Å². The quantitative estimate of drug-likeness (QED) is 0.765. The zero-order valence-electron chi connectivity index (χ0n) is 16.1. The molecule has 3 fully saturated rings. The van der Waals surface area contributed by atoms with Gasteiger partial charge >= 0.3 is 12.1 Å². The van der Waals surface area contributed by atoms with E-state index in [1.165, 1.54) is 6.20 Å². The Bertz CT molecular complexity index is 971. The molecule has 0 radical (unpaired) electrons. The maximum atomic E-state index is 14.1. The van der Waals surface area contributed by atoms with Crippen molar-refractivity contribution < 1.29 is 23.1 Å². The molecule has 2 aromatic heterocycles. The van der Waals surface area contributed by atoms with Crippen molar-refractivity contribution in [1.82, 2.24) is 14.3 Å². The van der Waals surface area contributed by atoms with Crippen LogP contribution in [0.2, 0.25) is 0 Å². The van der Waals surface area contributed by atoms with Crippen molar-refractivity contribution >= 4 is 29.3 Å². The molecule has 4 atom stereocenters. The van der Waals surface area contributed by atoms with Gasteiger partial charge in [-0.3, -0.25) is 4.79 Å². The fourth-order valence-corrected chi connectivity index (χ4v) is 5.26. The largest absolute Gasteiger partial charge is 0.481 e. The summed E-state index contributed by atoms with van der Waals surface area (Å²) < 4.78 is 46.1. The van der Waals surface area contributed by atoms with Gasteiger partial charge in [-0.25, -0.2) is 9.36 Å². The molecule has 11 heteroatoms. The van der Waals surface area contributed by atoms with Gasteiger partial charge in [0, 0.05) is 49.2 Å². The number of carboxylic acids is 1. The van der Waals surface area contributed by atoms with E-state index in [0.29, 0.717) is 25.2 Å². The standard InChI is InChI=1S/C19H20F3N5O2S/c1-9-2-3-27(9)18-24-16(19(20,21)22)15(10-5-23-30-8-10)17(25-18)26-6-12-11(4-14(28)29)13(12)7-26/h5,8-9,11-13H,2-4,6-7H2,1H3,(H,28,29)/t9-,11?,12-,13+/m0/s1. The summed E-state index contributed by atoms with van der Waals surface area (Å²) in [5, 5.41) is 10.6. The van der Waals surface area contributed by atoms with Crippen LogP contribution in [0.3, 0.4) is 0 Å². The smallest absolute Gasteiger partial charge is 0.434 e. The molecule has 0 amide bonds. The maximum absolute atomic E-state index is 14.1. The monoisotopic (exact) mass is 439 g/mol. The topological polar surface area (TPSA) is 82.5 Å². The first-order valence-electron chi connectivity index (χ1n) is 9.86. The normalized spacial score (nSPS) is 27.7. The molecular formula is C19H20F3N5O2S. The molecule has 4 heterocycles. The first-order chi connectivity index (χ1) is 14.2. The van der Waals surface area contributed by atoms with E-state index < -0.39 is 17.8 Å². The van der Waals surface area contributed by atoms with Crippen LogP contribution in [0.4, 0.5) is 24.9 Å². The van der Waals surface area contributed by atoms with Crippen LogP contribution in [0.25, 0.3) is 11.1 Å². The Hall–Kier alpha value is -2.43. The van der Waals surface area contributed by atoms with Gasteiger partial charge in [0.15, 0.2) is 5.69 Å². The molecule has 2 saturated heterocycles. The van der Waals surface area contributed by atoms with E-state index in [1.807, 2.05) is 11.8 Å². The van der Waals surface area contributed by atoms with Gasteiger partial charge in [0.2, 0.25) is 5.95 Å². The molecule has 30 heavy (non-hydrogen) atoms. The number of carbonyl (C=O) groups is 1. The molecule has 1 saturated carbocycles. The van der Waals surface area contributed by atoms with Crippen LogP contribution in [-0.2, 0) is 11.0 Å². The van der Waals surface area contributed by atoms with Gasteiger partial charge in [0.25, 0.3) is 0 Å². The van der Waals surface area contributed by atoms with Crippen molar-refractivity contribution in [1.29, 1.82) is 0 Å². The number of rotatable bonds is 5. The lowest BCUT2D eigenvalue weighted by Crippen LogP contribution is -2.47. The average Bonchev–Trinajstić information content (AvgIpc) is 3.11. The zero-order valence-corrected chi connectivity index (χ0v) is 16.9. The molecular weight excluding hydrogens is 419 g/mol. The van der Waals surface area contributed by atoms with E-state index >= 15 is 0 Å². The fourth-order valence-electron chi connectivity index (χ4n) is 4.73. The van der Waals surface area contributed by atoms with E-state index in [-0.39, 0.29) is 47.5 Å². The molecule has 5 rings (SSSR count). The molecule has 0 bridgehead atoms. The molecule has 2 aliphatic heterocycles. The number of fused-ring (bicyclic) bond motifs is 1. The molecule has 0 aromatic carbocycles. The summed E-state index contributed by atoms with van der Waals surface area (Å²) in [6.45, 7) is 3.59. The van der Waals surface area contributed by atoms with Crippen molar-refractivity contribution in [3.63, 3.8) is 0 Å². The van der Waals surface area contributed by atoms with Crippen LogP contribution in [-0.4, -0.2) is 51.1 Å². The molecule has 2 aromatic rings. The number of alkyl halides is 3. The lowest BCUT2D eigenvalue weighted by molar-refractivity contribution is -0.140. The second kappa shape index (κ2) is 6.79. The molecule has 1 aliphatic carbocycles. The lowest BCUT2D eigenvalue weighted by Gasteiger charge is -2.39. The zero-order chi connectivity index (χ0) is 21.2. The highest BCUT2D eigenvalue weighted by Crippen LogP contribution is 2.55. The summed E-state index contributed by atoms with van der Waals surface area (Å²) in [6, 6.07) is 0.0968. The van der Waals surface area contributed by atoms with E-state index in [9.17, 15) is 18.0 Å². The summed E-state index contributed by atoms with van der Waals surface area (Å²) in [5.74, 6) is 0.0132. The maximum Gasteiger partial charge on any atom is 0.434 e. The minimum absolute atomic E-state index is 0.0377. The first-order valence-corrected chi connectivity index (χ1v) is 10.7. The van der Waals surface area contributed by atoms with Crippen molar-refractivity contribution in [3.05, 3.63) is 17.3 Å². The Kier molecular flexibility index (Phi) is 4.42. The summed E-state index contributed by atoms with van der Waals surface area (Å²) in [6.07, 6.45) is -2.22. The number of piperidine rings is 1. The Balaban J connectivity index is 1.57. The van der Waals surface area contributed by atoms with Crippen molar-refractivity contribution in [2.45, 2.75) is 32.0 Å². The molecule has 3 aliphatic rings. The van der Waals surface area contributed by atoms with Gasteiger partial charge in [-0.1, -0.05) is 0 Å². The third kappa shape index (κ3) is 3.19. The minimum atomic E-state index is -4.63. The number of hydrogen-bond acceptors (Lipinski definition) is 7. The number of hydrogen-bond donors (Lipinski definition) is 1. The molecule has 1 N–H and O–H groups in total. The van der Waals surface area contributed by atoms with Crippen molar-refractivity contribution in [3.8, 4) is 11.1 Å². The number of halogens is 3. The second-order valence-electron chi connectivity index (χ2n) is 8.31. The highest BCUT2D eigenvalue weighted by Gasteiger charge is 2.57. The highest BCUT2D eigenvalue weighted by molar-refractivity contribution is 7.03. The number of aromatic nitrogens is 3. The van der Waals surface area contributed by atoms with E-state index in [2.05, 4.69) is 14.3 Å². The molecule has 1 unspecified atom stereocenters. The number of carboxylic acid groups (broad SMARTS) is 1. The van der Waals surface area contributed by atoms with Crippen molar-refractivity contribution in [2.24, 2.45) is 17.8 Å². The van der Waals surface area contributed by atoms with Crippen LogP contribution < -0.4 is 9.80 Å². The first kappa shape index (κ1) is 19.5.